The number of nitrogens with one attached hydrogen (secondary N) is 2. The fourth-order valence-corrected chi connectivity index (χ4v) is 2.88. The van der Waals surface area contributed by atoms with Gasteiger partial charge < -0.3 is 24.7 Å². The highest BCUT2D eigenvalue weighted by Gasteiger charge is 2.15. The topological polar surface area (TPSA) is 94.5 Å². The largest absolute Gasteiger partial charge is 0.495 e. The zero-order valence-corrected chi connectivity index (χ0v) is 15.8. The third kappa shape index (κ3) is 4.47. The van der Waals surface area contributed by atoms with E-state index in [-0.39, 0.29) is 31.5 Å². The highest BCUT2D eigenvalue weighted by Crippen LogP contribution is 2.23. The fourth-order valence-electron chi connectivity index (χ4n) is 2.88. The molecule has 0 aliphatic rings. The molecule has 2 aromatic carbocycles. The minimum atomic E-state index is -0.250. The Balaban J connectivity index is 1.81. The molecule has 146 valence electrons. The predicted octanol–water partition coefficient (Wildman–Crippen LogP) is 1.95. The van der Waals surface area contributed by atoms with Gasteiger partial charge in [-0.15, -0.1) is 0 Å². The van der Waals surface area contributed by atoms with Crippen LogP contribution in [0.1, 0.15) is 5.82 Å². The second-order valence-electron chi connectivity index (χ2n) is 6.06. The van der Waals surface area contributed by atoms with E-state index in [1.807, 2.05) is 36.4 Å². The van der Waals surface area contributed by atoms with Gasteiger partial charge in [0.15, 0.2) is 0 Å². The van der Waals surface area contributed by atoms with Crippen molar-refractivity contribution in [3.63, 3.8) is 0 Å². The zero-order valence-electron chi connectivity index (χ0n) is 15.8. The molecule has 2 N–H and O–H groups in total. The van der Waals surface area contributed by atoms with Gasteiger partial charge in [0.1, 0.15) is 24.7 Å². The van der Waals surface area contributed by atoms with Gasteiger partial charge in [0, 0.05) is 7.11 Å². The van der Waals surface area contributed by atoms with Crippen LogP contribution < -0.4 is 15.4 Å². The molecule has 1 aromatic heterocycles. The van der Waals surface area contributed by atoms with Crippen molar-refractivity contribution in [3.8, 4) is 5.75 Å². The summed E-state index contributed by atoms with van der Waals surface area (Å²) in [6.07, 6.45) is 0. The minimum Gasteiger partial charge on any atom is -0.495 e. The van der Waals surface area contributed by atoms with E-state index in [1.165, 1.54) is 7.11 Å². The van der Waals surface area contributed by atoms with Crippen molar-refractivity contribution < 1.29 is 19.1 Å². The second-order valence-corrected chi connectivity index (χ2v) is 6.06. The average molecular weight is 382 g/mol. The van der Waals surface area contributed by atoms with E-state index in [0.717, 1.165) is 11.0 Å². The Morgan fingerprint density at radius 3 is 2.57 bits per heavy atom. The number of ether oxygens (including phenoxy) is 2. The Hall–Kier alpha value is -3.39. The molecule has 8 heteroatoms. The van der Waals surface area contributed by atoms with E-state index in [0.29, 0.717) is 17.3 Å². The van der Waals surface area contributed by atoms with Gasteiger partial charge in [0.25, 0.3) is 0 Å². The van der Waals surface area contributed by atoms with Gasteiger partial charge >= 0.3 is 0 Å². The molecule has 8 nitrogen and oxygen atoms in total. The molecule has 0 saturated heterocycles. The smallest absolute Gasteiger partial charge is 0.246 e. The lowest BCUT2D eigenvalue weighted by Gasteiger charge is -2.12. The van der Waals surface area contributed by atoms with Crippen LogP contribution in [0.3, 0.4) is 0 Å². The summed E-state index contributed by atoms with van der Waals surface area (Å²) in [6.45, 7) is 0.210. The normalized spacial score (nSPS) is 10.6. The summed E-state index contributed by atoms with van der Waals surface area (Å²) in [6, 6.07) is 14.7. The molecule has 0 aliphatic heterocycles. The van der Waals surface area contributed by atoms with E-state index in [9.17, 15) is 9.59 Å². The molecule has 0 aliphatic carbocycles. The molecule has 28 heavy (non-hydrogen) atoms. The SMILES string of the molecule is COCC(=O)NCc1nc2ccccc2n1CC(=O)Nc1ccccc1OC. The van der Waals surface area contributed by atoms with E-state index in [4.69, 9.17) is 9.47 Å². The first-order valence-electron chi connectivity index (χ1n) is 8.75. The third-order valence-electron chi connectivity index (χ3n) is 4.14. The first kappa shape index (κ1) is 19.4. The van der Waals surface area contributed by atoms with E-state index in [1.54, 1.807) is 23.8 Å². The Kier molecular flexibility index (Phi) is 6.23. The molecule has 3 aromatic rings. The lowest BCUT2D eigenvalue weighted by atomic mass is 10.3. The van der Waals surface area contributed by atoms with Gasteiger partial charge in [-0.25, -0.2) is 4.98 Å². The van der Waals surface area contributed by atoms with Gasteiger partial charge in [-0.2, -0.15) is 0 Å². The number of anilines is 1. The van der Waals surface area contributed by atoms with Gasteiger partial charge in [0.05, 0.1) is 30.4 Å². The number of carbonyl (C=O) groups excluding carboxylic acids is 2. The summed E-state index contributed by atoms with van der Waals surface area (Å²) in [5.41, 5.74) is 2.16. The molecule has 0 radical (unpaired) electrons. The highest BCUT2D eigenvalue weighted by molar-refractivity contribution is 5.93. The number of hydrogen-bond donors (Lipinski definition) is 2. The van der Waals surface area contributed by atoms with Gasteiger partial charge in [-0.3, -0.25) is 9.59 Å². The number of aromatic nitrogens is 2. The molecule has 0 spiro atoms. The molecule has 0 bridgehead atoms. The maximum atomic E-state index is 12.7. The summed E-state index contributed by atoms with van der Waals surface area (Å²) >= 11 is 0. The number of para-hydroxylation sites is 4. The number of fused-ring (bicyclic) bond motifs is 1. The summed E-state index contributed by atoms with van der Waals surface area (Å²) in [4.78, 5) is 28.9. The van der Waals surface area contributed by atoms with Crippen LogP contribution in [-0.4, -0.2) is 42.2 Å². The molecular weight excluding hydrogens is 360 g/mol. The number of hydrogen-bond acceptors (Lipinski definition) is 5. The van der Waals surface area contributed by atoms with Gasteiger partial charge in [-0.05, 0) is 24.3 Å². The lowest BCUT2D eigenvalue weighted by molar-refractivity contribution is -0.124. The Morgan fingerprint density at radius 2 is 1.79 bits per heavy atom. The van der Waals surface area contributed by atoms with Crippen LogP contribution >= 0.6 is 0 Å². The van der Waals surface area contributed by atoms with Crippen LogP contribution in [0.2, 0.25) is 0 Å². The van der Waals surface area contributed by atoms with Gasteiger partial charge in [-0.1, -0.05) is 24.3 Å². The number of carbonyl (C=O) groups is 2. The first-order valence-corrected chi connectivity index (χ1v) is 8.75. The number of rotatable bonds is 8. The summed E-state index contributed by atoms with van der Waals surface area (Å²) in [5.74, 6) is 0.691. The van der Waals surface area contributed by atoms with Crippen LogP contribution in [0.25, 0.3) is 11.0 Å². The monoisotopic (exact) mass is 382 g/mol. The van der Waals surface area contributed by atoms with Crippen molar-refractivity contribution >= 4 is 28.5 Å². The van der Waals surface area contributed by atoms with Crippen LogP contribution in [0.5, 0.6) is 5.75 Å². The molecule has 0 atom stereocenters. The summed E-state index contributed by atoms with van der Waals surface area (Å²) in [5, 5.41) is 5.60. The van der Waals surface area contributed by atoms with Crippen molar-refractivity contribution in [2.45, 2.75) is 13.1 Å². The maximum absolute atomic E-state index is 12.7. The van der Waals surface area contributed by atoms with Crippen LogP contribution in [0.4, 0.5) is 5.69 Å². The second kappa shape index (κ2) is 9.01. The Morgan fingerprint density at radius 1 is 1.04 bits per heavy atom. The number of nitrogens with zero attached hydrogens (tertiary/aromatic N) is 2. The molecule has 0 fully saturated rings. The first-order chi connectivity index (χ1) is 13.6. The molecular formula is C20H22N4O4. The van der Waals surface area contributed by atoms with Crippen LogP contribution in [0, 0.1) is 0 Å². The van der Waals surface area contributed by atoms with Crippen molar-refractivity contribution in [1.82, 2.24) is 14.9 Å². The number of methoxy groups -OCH3 is 2. The van der Waals surface area contributed by atoms with Crippen LogP contribution in [0.15, 0.2) is 48.5 Å². The van der Waals surface area contributed by atoms with Crippen molar-refractivity contribution in [3.05, 3.63) is 54.4 Å². The van der Waals surface area contributed by atoms with Crippen molar-refractivity contribution in [2.24, 2.45) is 0 Å². The molecule has 0 unspecified atom stereocenters. The van der Waals surface area contributed by atoms with E-state index >= 15 is 0 Å². The lowest BCUT2D eigenvalue weighted by Crippen LogP contribution is -2.29. The number of imidazole rings is 1. The molecule has 1 heterocycles. The minimum absolute atomic E-state index is 0.0332. The van der Waals surface area contributed by atoms with Gasteiger partial charge in [0.2, 0.25) is 11.8 Å². The average Bonchev–Trinajstić information content (AvgIpc) is 3.04. The van der Waals surface area contributed by atoms with Crippen LogP contribution in [-0.2, 0) is 27.4 Å². The molecule has 2 amide bonds. The standard InChI is InChI=1S/C20H22N4O4/c1-27-13-20(26)21-11-18-22-14-7-3-5-9-16(14)24(18)12-19(25)23-15-8-4-6-10-17(15)28-2/h3-10H,11-13H2,1-2H3,(H,21,26)(H,23,25). The highest BCUT2D eigenvalue weighted by atomic mass is 16.5. The predicted molar refractivity (Wildman–Crippen MR) is 105 cm³/mol. The molecule has 0 saturated carbocycles. The fraction of sp³-hybridized carbons (Fsp3) is 0.250. The quantitative estimate of drug-likeness (QED) is 0.621. The molecule has 3 rings (SSSR count). The Labute approximate surface area is 162 Å². The number of amides is 2. The number of benzene rings is 2. The Bertz CT molecular complexity index is 983. The summed E-state index contributed by atoms with van der Waals surface area (Å²) < 4.78 is 11.9. The van der Waals surface area contributed by atoms with Crippen molar-refractivity contribution in [2.75, 3.05) is 26.1 Å². The van der Waals surface area contributed by atoms with Crippen molar-refractivity contribution in [1.29, 1.82) is 0 Å². The van der Waals surface area contributed by atoms with E-state index in [2.05, 4.69) is 15.6 Å². The summed E-state index contributed by atoms with van der Waals surface area (Å²) in [7, 11) is 3.01. The van der Waals surface area contributed by atoms with E-state index < -0.39 is 0 Å². The zero-order chi connectivity index (χ0) is 19.9. The third-order valence-corrected chi connectivity index (χ3v) is 4.14. The maximum Gasteiger partial charge on any atom is 0.246 e.